The van der Waals surface area contributed by atoms with Crippen LogP contribution in [0.5, 0.6) is 0 Å². The van der Waals surface area contributed by atoms with E-state index in [0.717, 1.165) is 17.7 Å². The molecule has 4 nitrogen and oxygen atoms in total. The van der Waals surface area contributed by atoms with Gasteiger partial charge in [-0.3, -0.25) is 0 Å². The Bertz CT molecular complexity index is 681. The highest BCUT2D eigenvalue weighted by atomic mass is 35.5. The molecule has 1 N–H and O–H groups in total. The lowest BCUT2D eigenvalue weighted by atomic mass is 10.0. The van der Waals surface area contributed by atoms with Crippen LogP contribution in [0.25, 0.3) is 11.6 Å². The van der Waals surface area contributed by atoms with Crippen LogP contribution in [0.1, 0.15) is 36.7 Å². The third-order valence-corrected chi connectivity index (χ3v) is 3.47. The number of nitrogens with one attached hydrogen (secondary N) is 1. The summed E-state index contributed by atoms with van der Waals surface area (Å²) in [5.74, 6) is 0.916. The average Bonchev–Trinajstić information content (AvgIpc) is 2.93. The maximum atomic E-state index is 12.6. The second kappa shape index (κ2) is 8.30. The topological polar surface area (TPSA) is 51.0 Å². The summed E-state index contributed by atoms with van der Waals surface area (Å²) < 4.78 is 42.8. The van der Waals surface area contributed by atoms with Crippen molar-refractivity contribution in [3.05, 3.63) is 47.1 Å². The summed E-state index contributed by atoms with van der Waals surface area (Å²) in [6, 6.07) is 5.19. The van der Waals surface area contributed by atoms with E-state index in [9.17, 15) is 13.2 Å². The van der Waals surface area contributed by atoms with Crippen LogP contribution in [0.2, 0.25) is 0 Å². The number of allylic oxidation sites excluding steroid dienone is 1. The molecule has 2 aromatic rings. The first-order valence-electron chi connectivity index (χ1n) is 7.15. The summed E-state index contributed by atoms with van der Waals surface area (Å²) in [5.41, 5.74) is 0.743. The van der Waals surface area contributed by atoms with E-state index in [1.807, 2.05) is 14.0 Å². The van der Waals surface area contributed by atoms with E-state index in [0.29, 0.717) is 23.7 Å². The summed E-state index contributed by atoms with van der Waals surface area (Å²) in [7, 11) is 1.85. The van der Waals surface area contributed by atoms with Gasteiger partial charge in [0.05, 0.1) is 5.56 Å². The normalized spacial score (nSPS) is 13.5. The molecule has 1 aromatic heterocycles. The number of aromatic nitrogens is 2. The predicted octanol–water partition coefficient (Wildman–Crippen LogP) is 4.22. The summed E-state index contributed by atoms with van der Waals surface area (Å²) in [4.78, 5) is 4.25. The van der Waals surface area contributed by atoms with Gasteiger partial charge in [0.1, 0.15) is 0 Å². The third kappa shape index (κ3) is 5.35. The van der Waals surface area contributed by atoms with E-state index in [1.54, 1.807) is 13.0 Å². The van der Waals surface area contributed by atoms with Gasteiger partial charge in [0.25, 0.3) is 5.89 Å². The highest BCUT2D eigenvalue weighted by Gasteiger charge is 2.29. The van der Waals surface area contributed by atoms with E-state index in [2.05, 4.69) is 15.5 Å². The number of alkyl halides is 3. The molecule has 132 valence electrons. The van der Waals surface area contributed by atoms with Crippen molar-refractivity contribution < 1.29 is 17.7 Å². The van der Waals surface area contributed by atoms with Crippen LogP contribution < -0.4 is 5.32 Å². The summed E-state index contributed by atoms with van der Waals surface area (Å²) in [6.07, 6.45) is -2.04. The Labute approximate surface area is 144 Å². The molecule has 8 heteroatoms. The Morgan fingerprint density at radius 2 is 1.92 bits per heavy atom. The molecular weight excluding hydrogens is 343 g/mol. The minimum atomic E-state index is -4.33. The lowest BCUT2D eigenvalue weighted by Gasteiger charge is -2.07. The molecule has 2 rings (SSSR count). The van der Waals surface area contributed by atoms with Crippen molar-refractivity contribution in [3.63, 3.8) is 0 Å². The van der Waals surface area contributed by atoms with Gasteiger partial charge < -0.3 is 9.84 Å². The molecule has 1 atom stereocenters. The molecule has 0 saturated carbocycles. The summed E-state index contributed by atoms with van der Waals surface area (Å²) >= 11 is 0. The zero-order valence-electron chi connectivity index (χ0n) is 13.5. The van der Waals surface area contributed by atoms with Gasteiger partial charge in [-0.25, -0.2) is 0 Å². The number of likely N-dealkylation sites (N-methyl/N-ethyl adjacent to an activating group) is 1. The third-order valence-electron chi connectivity index (χ3n) is 3.47. The first-order valence-corrected chi connectivity index (χ1v) is 7.15. The molecule has 0 bridgehead atoms. The molecule has 1 aromatic carbocycles. The fraction of sp³-hybridized carbons (Fsp3) is 0.375. The Morgan fingerprint density at radius 1 is 1.29 bits per heavy atom. The Kier molecular flexibility index (Phi) is 6.98. The van der Waals surface area contributed by atoms with Crippen molar-refractivity contribution in [1.29, 1.82) is 0 Å². The maximum absolute atomic E-state index is 12.6. The van der Waals surface area contributed by atoms with Gasteiger partial charge in [-0.15, -0.1) is 12.4 Å². The summed E-state index contributed by atoms with van der Waals surface area (Å²) in [6.45, 7) is 3.78. The van der Waals surface area contributed by atoms with Crippen molar-refractivity contribution in [2.24, 2.45) is 0 Å². The van der Waals surface area contributed by atoms with E-state index >= 15 is 0 Å². The first-order chi connectivity index (χ1) is 10.8. The molecule has 1 unspecified atom stereocenters. The number of nitrogens with zero attached hydrogens (tertiary/aromatic N) is 2. The van der Waals surface area contributed by atoms with Crippen LogP contribution in [0, 0.1) is 0 Å². The number of benzene rings is 1. The van der Waals surface area contributed by atoms with Crippen molar-refractivity contribution in [1.82, 2.24) is 15.5 Å². The Balaban J connectivity index is 0.00000288. The van der Waals surface area contributed by atoms with Gasteiger partial charge in [-0.1, -0.05) is 17.3 Å². The number of rotatable bonds is 5. The minimum absolute atomic E-state index is 0. The lowest BCUT2D eigenvalue weighted by molar-refractivity contribution is -0.137. The van der Waals surface area contributed by atoms with Crippen LogP contribution in [0.4, 0.5) is 13.2 Å². The number of halogens is 4. The largest absolute Gasteiger partial charge is 0.416 e. The second-order valence-corrected chi connectivity index (χ2v) is 5.35. The van der Waals surface area contributed by atoms with Gasteiger partial charge in [0.2, 0.25) is 0 Å². The Morgan fingerprint density at radius 3 is 2.46 bits per heavy atom. The molecule has 0 aliphatic rings. The van der Waals surface area contributed by atoms with Crippen molar-refractivity contribution in [2.45, 2.75) is 32.5 Å². The SMILES string of the molecule is CNC(C)Cc1noc(/C=C(/C)c2ccc(C(F)(F)F)cc2)n1.Cl. The zero-order valence-corrected chi connectivity index (χ0v) is 14.3. The van der Waals surface area contributed by atoms with Crippen LogP contribution in [-0.4, -0.2) is 23.2 Å². The van der Waals surface area contributed by atoms with Crippen molar-refractivity contribution >= 4 is 24.1 Å². The molecule has 1 heterocycles. The molecule has 0 aliphatic carbocycles. The summed E-state index contributed by atoms with van der Waals surface area (Å²) in [5, 5.41) is 6.96. The quantitative estimate of drug-likeness (QED) is 0.866. The van der Waals surface area contributed by atoms with Gasteiger partial charge in [0, 0.05) is 18.5 Å². The van der Waals surface area contributed by atoms with E-state index < -0.39 is 11.7 Å². The highest BCUT2D eigenvalue weighted by molar-refractivity contribution is 5.85. The van der Waals surface area contributed by atoms with Crippen molar-refractivity contribution in [3.8, 4) is 0 Å². The average molecular weight is 362 g/mol. The zero-order chi connectivity index (χ0) is 17.0. The molecule has 0 radical (unpaired) electrons. The lowest BCUT2D eigenvalue weighted by Crippen LogP contribution is -2.24. The standard InChI is InChI=1S/C16H18F3N3O.ClH/c1-10(12-4-6-13(7-5-12)16(17,18)19)8-15-21-14(22-23-15)9-11(2)20-3;/h4-8,11,20H,9H2,1-3H3;1H/b10-8-;. The highest BCUT2D eigenvalue weighted by Crippen LogP contribution is 2.30. The Hall–Kier alpha value is -1.86. The maximum Gasteiger partial charge on any atom is 0.416 e. The fourth-order valence-corrected chi connectivity index (χ4v) is 1.98. The van der Waals surface area contributed by atoms with Crippen LogP contribution in [0.15, 0.2) is 28.8 Å². The van der Waals surface area contributed by atoms with Gasteiger partial charge >= 0.3 is 6.18 Å². The molecular formula is C16H19ClF3N3O. The van der Waals surface area contributed by atoms with E-state index in [-0.39, 0.29) is 18.4 Å². The van der Waals surface area contributed by atoms with Gasteiger partial charge in [0.15, 0.2) is 5.82 Å². The van der Waals surface area contributed by atoms with Gasteiger partial charge in [-0.2, -0.15) is 18.2 Å². The monoisotopic (exact) mass is 361 g/mol. The number of hydrogen-bond donors (Lipinski definition) is 1. The predicted molar refractivity (Wildman–Crippen MR) is 88.8 cm³/mol. The van der Waals surface area contributed by atoms with Crippen molar-refractivity contribution in [2.75, 3.05) is 7.05 Å². The molecule has 24 heavy (non-hydrogen) atoms. The fourth-order valence-electron chi connectivity index (χ4n) is 1.98. The van der Waals surface area contributed by atoms with Crippen LogP contribution in [-0.2, 0) is 12.6 Å². The second-order valence-electron chi connectivity index (χ2n) is 5.35. The molecule has 0 spiro atoms. The van der Waals surface area contributed by atoms with E-state index in [4.69, 9.17) is 4.52 Å². The molecule has 0 amide bonds. The van der Waals surface area contributed by atoms with E-state index in [1.165, 1.54) is 12.1 Å². The van der Waals surface area contributed by atoms with Crippen LogP contribution in [0.3, 0.4) is 0 Å². The minimum Gasteiger partial charge on any atom is -0.335 e. The molecule has 0 aliphatic heterocycles. The smallest absolute Gasteiger partial charge is 0.335 e. The first kappa shape index (κ1) is 20.2. The molecule has 0 saturated heterocycles. The van der Waals surface area contributed by atoms with Crippen LogP contribution >= 0.6 is 12.4 Å². The number of hydrogen-bond acceptors (Lipinski definition) is 4. The van der Waals surface area contributed by atoms with Gasteiger partial charge in [-0.05, 0) is 44.2 Å². The molecule has 0 fully saturated rings.